The normalized spacial score (nSPS) is 8.60. The standard InChI is InChI=1S/C5H10N2O3/c1-3-5(9)10-7-6-4(2)8/h7H,3H2,1-2H3,(H,6,8). The Morgan fingerprint density at radius 1 is 1.50 bits per heavy atom. The van der Waals surface area contributed by atoms with Gasteiger partial charge in [0.15, 0.2) is 0 Å². The molecule has 10 heavy (non-hydrogen) atoms. The van der Waals surface area contributed by atoms with E-state index in [4.69, 9.17) is 0 Å². The summed E-state index contributed by atoms with van der Waals surface area (Å²) in [5.41, 5.74) is 4.07. The Kier molecular flexibility index (Phi) is 4.23. The van der Waals surface area contributed by atoms with Crippen LogP contribution in [0.3, 0.4) is 0 Å². The summed E-state index contributed by atoms with van der Waals surface area (Å²) in [5, 5.41) is 0. The predicted molar refractivity (Wildman–Crippen MR) is 33.3 cm³/mol. The highest BCUT2D eigenvalue weighted by molar-refractivity contribution is 5.72. The van der Waals surface area contributed by atoms with Crippen molar-refractivity contribution in [1.29, 1.82) is 0 Å². The van der Waals surface area contributed by atoms with Gasteiger partial charge in [-0.05, 0) is 0 Å². The van der Waals surface area contributed by atoms with Crippen molar-refractivity contribution in [2.45, 2.75) is 20.3 Å². The van der Waals surface area contributed by atoms with Crippen LogP contribution in [0, 0.1) is 0 Å². The SMILES string of the molecule is CCC(=O)ONNC(C)=O. The number of carbonyl (C=O) groups excluding carboxylic acids is 2. The summed E-state index contributed by atoms with van der Waals surface area (Å²) in [6, 6.07) is 0. The third kappa shape index (κ3) is 5.04. The quantitative estimate of drug-likeness (QED) is 0.526. The molecule has 0 saturated heterocycles. The Morgan fingerprint density at radius 2 is 2.10 bits per heavy atom. The largest absolute Gasteiger partial charge is 0.351 e. The maximum atomic E-state index is 10.4. The van der Waals surface area contributed by atoms with E-state index in [0.29, 0.717) is 0 Å². The molecule has 0 atom stereocenters. The zero-order chi connectivity index (χ0) is 7.98. The number of hydrogen-bond acceptors (Lipinski definition) is 4. The Labute approximate surface area is 58.7 Å². The molecule has 0 aromatic carbocycles. The fraction of sp³-hybridized carbons (Fsp3) is 0.600. The highest BCUT2D eigenvalue weighted by atomic mass is 16.7. The molecule has 0 aromatic rings. The van der Waals surface area contributed by atoms with Gasteiger partial charge >= 0.3 is 5.97 Å². The van der Waals surface area contributed by atoms with Crippen LogP contribution in [-0.2, 0) is 14.4 Å². The van der Waals surface area contributed by atoms with E-state index >= 15 is 0 Å². The number of rotatable bonds is 3. The average molecular weight is 146 g/mol. The fourth-order valence-electron chi connectivity index (χ4n) is 0.226. The molecule has 0 saturated carbocycles. The summed E-state index contributed by atoms with van der Waals surface area (Å²) in [6.45, 7) is 2.95. The molecule has 0 fully saturated rings. The average Bonchev–Trinajstić information content (AvgIpc) is 1.87. The number of hydrogen-bond donors (Lipinski definition) is 2. The second-order valence-corrected chi connectivity index (χ2v) is 1.61. The molecular formula is C5H10N2O3. The highest BCUT2D eigenvalue weighted by Gasteiger charge is 1.96. The third-order valence-corrected chi connectivity index (χ3v) is 0.681. The molecule has 0 aliphatic carbocycles. The number of hydrazine groups is 1. The van der Waals surface area contributed by atoms with E-state index in [9.17, 15) is 9.59 Å². The molecule has 0 rings (SSSR count). The first kappa shape index (κ1) is 8.90. The van der Waals surface area contributed by atoms with E-state index in [1.54, 1.807) is 6.92 Å². The zero-order valence-corrected chi connectivity index (χ0v) is 5.93. The van der Waals surface area contributed by atoms with Crippen LogP contribution in [0.25, 0.3) is 0 Å². The Balaban J connectivity index is 3.20. The number of amides is 1. The summed E-state index contributed by atoms with van der Waals surface area (Å²) in [4.78, 5) is 24.8. The monoisotopic (exact) mass is 146 g/mol. The maximum Gasteiger partial charge on any atom is 0.326 e. The van der Waals surface area contributed by atoms with Gasteiger partial charge in [0.1, 0.15) is 0 Å². The first-order valence-corrected chi connectivity index (χ1v) is 2.88. The van der Waals surface area contributed by atoms with E-state index in [0.717, 1.165) is 0 Å². The molecule has 0 aromatic heterocycles. The molecule has 5 heteroatoms. The van der Waals surface area contributed by atoms with E-state index in [-0.39, 0.29) is 12.3 Å². The first-order chi connectivity index (χ1) is 4.66. The minimum atomic E-state index is -0.422. The van der Waals surface area contributed by atoms with Gasteiger partial charge in [0.25, 0.3) is 0 Å². The van der Waals surface area contributed by atoms with E-state index in [1.165, 1.54) is 6.92 Å². The van der Waals surface area contributed by atoms with Crippen LogP contribution in [0.4, 0.5) is 0 Å². The summed E-state index contributed by atoms with van der Waals surface area (Å²) >= 11 is 0. The lowest BCUT2D eigenvalue weighted by molar-refractivity contribution is -0.154. The van der Waals surface area contributed by atoms with Crippen LogP contribution in [0.5, 0.6) is 0 Å². The van der Waals surface area contributed by atoms with Crippen LogP contribution in [0.15, 0.2) is 0 Å². The van der Waals surface area contributed by atoms with Gasteiger partial charge in [-0.15, -0.1) is 0 Å². The van der Waals surface area contributed by atoms with Crippen LogP contribution in [-0.4, -0.2) is 11.9 Å². The first-order valence-electron chi connectivity index (χ1n) is 2.88. The Morgan fingerprint density at radius 3 is 2.50 bits per heavy atom. The Bertz CT molecular complexity index is 135. The maximum absolute atomic E-state index is 10.4. The topological polar surface area (TPSA) is 67.4 Å². The molecule has 0 unspecified atom stereocenters. The molecule has 0 spiro atoms. The van der Waals surface area contributed by atoms with Crippen molar-refractivity contribution in [3.8, 4) is 0 Å². The molecule has 58 valence electrons. The van der Waals surface area contributed by atoms with E-state index in [2.05, 4.69) is 10.3 Å². The summed E-state index contributed by atoms with van der Waals surface area (Å²) < 4.78 is 0. The van der Waals surface area contributed by atoms with Crippen LogP contribution >= 0.6 is 0 Å². The van der Waals surface area contributed by atoms with Gasteiger partial charge in [0, 0.05) is 13.3 Å². The third-order valence-electron chi connectivity index (χ3n) is 0.681. The van der Waals surface area contributed by atoms with Crippen LogP contribution in [0.1, 0.15) is 20.3 Å². The van der Waals surface area contributed by atoms with E-state index < -0.39 is 5.97 Å². The highest BCUT2D eigenvalue weighted by Crippen LogP contribution is 1.76. The van der Waals surface area contributed by atoms with Crippen molar-refractivity contribution < 1.29 is 14.4 Å². The lowest BCUT2D eigenvalue weighted by Gasteiger charge is -2.02. The molecule has 0 aliphatic heterocycles. The lowest BCUT2D eigenvalue weighted by atomic mass is 10.5. The number of nitrogens with one attached hydrogen (secondary N) is 2. The van der Waals surface area contributed by atoms with Gasteiger partial charge in [-0.3, -0.25) is 15.0 Å². The minimum absolute atomic E-state index is 0.270. The smallest absolute Gasteiger partial charge is 0.326 e. The van der Waals surface area contributed by atoms with Gasteiger partial charge in [0.2, 0.25) is 5.91 Å². The van der Waals surface area contributed by atoms with Gasteiger partial charge in [0.05, 0.1) is 0 Å². The van der Waals surface area contributed by atoms with Crippen molar-refractivity contribution in [2.24, 2.45) is 0 Å². The van der Waals surface area contributed by atoms with Crippen molar-refractivity contribution in [2.75, 3.05) is 0 Å². The van der Waals surface area contributed by atoms with Gasteiger partial charge in [-0.2, -0.15) is 0 Å². The second kappa shape index (κ2) is 4.75. The molecule has 0 radical (unpaired) electrons. The summed E-state index contributed by atoms with van der Waals surface area (Å²) in [7, 11) is 0. The molecule has 2 N–H and O–H groups in total. The second-order valence-electron chi connectivity index (χ2n) is 1.61. The molecule has 5 nitrogen and oxygen atoms in total. The predicted octanol–water partition coefficient (Wildman–Crippen LogP) is -0.505. The zero-order valence-electron chi connectivity index (χ0n) is 5.93. The molecule has 0 bridgehead atoms. The molecule has 0 aliphatic rings. The van der Waals surface area contributed by atoms with Crippen molar-refractivity contribution in [3.05, 3.63) is 0 Å². The molecular weight excluding hydrogens is 136 g/mol. The lowest BCUT2D eigenvalue weighted by Crippen LogP contribution is -2.37. The fourth-order valence-corrected chi connectivity index (χ4v) is 0.226. The van der Waals surface area contributed by atoms with Crippen LogP contribution in [0.2, 0.25) is 0 Å². The van der Waals surface area contributed by atoms with Gasteiger partial charge in [-0.1, -0.05) is 12.5 Å². The summed E-state index contributed by atoms with van der Waals surface area (Å²) in [5.74, 6) is -0.738. The van der Waals surface area contributed by atoms with Gasteiger partial charge in [-0.25, -0.2) is 0 Å². The number of carbonyl (C=O) groups is 2. The van der Waals surface area contributed by atoms with Crippen LogP contribution < -0.4 is 11.0 Å². The molecule has 0 heterocycles. The van der Waals surface area contributed by atoms with Crippen molar-refractivity contribution in [1.82, 2.24) is 11.0 Å². The molecule has 1 amide bonds. The van der Waals surface area contributed by atoms with Crippen molar-refractivity contribution >= 4 is 11.9 Å². The summed E-state index contributed by atoms with van der Waals surface area (Å²) in [6.07, 6.45) is 0.270. The van der Waals surface area contributed by atoms with E-state index in [1.807, 2.05) is 5.59 Å². The van der Waals surface area contributed by atoms with Gasteiger partial charge < -0.3 is 4.84 Å². The van der Waals surface area contributed by atoms with Crippen molar-refractivity contribution in [3.63, 3.8) is 0 Å². The Hall–Kier alpha value is -1.10. The minimum Gasteiger partial charge on any atom is -0.351 e.